The Balaban J connectivity index is 3.24. The Morgan fingerprint density at radius 3 is 2.75 bits per heavy atom. The van der Waals surface area contributed by atoms with Crippen LogP contribution in [0, 0.1) is 0 Å². The van der Waals surface area contributed by atoms with Crippen LogP contribution in [0.15, 0.2) is 0 Å². The van der Waals surface area contributed by atoms with E-state index in [2.05, 4.69) is 23.9 Å². The molecule has 1 unspecified atom stereocenters. The van der Waals surface area contributed by atoms with E-state index in [9.17, 15) is 4.79 Å². The molecule has 12 heavy (non-hydrogen) atoms. The molecule has 0 saturated carbocycles. The van der Waals surface area contributed by atoms with Crippen LogP contribution in [-0.2, 0) is 9.53 Å². The summed E-state index contributed by atoms with van der Waals surface area (Å²) in [6, 6.07) is 0.500. The van der Waals surface area contributed by atoms with Crippen LogP contribution in [0.2, 0.25) is 0 Å². The predicted molar refractivity (Wildman–Crippen MR) is 49.0 cm³/mol. The Hall–Kier alpha value is -0.570. The highest BCUT2D eigenvalue weighted by Crippen LogP contribution is 1.94. The summed E-state index contributed by atoms with van der Waals surface area (Å²) >= 11 is 0. The van der Waals surface area contributed by atoms with Crippen molar-refractivity contribution in [3.05, 3.63) is 0 Å². The van der Waals surface area contributed by atoms with Crippen molar-refractivity contribution in [1.29, 1.82) is 0 Å². The summed E-state index contributed by atoms with van der Waals surface area (Å²) in [5.41, 5.74) is 0. The smallest absolute Gasteiger partial charge is 0.306 e. The number of carbonyl (C=O) groups is 1. The number of ether oxygens (including phenoxy) is 1. The van der Waals surface area contributed by atoms with Crippen LogP contribution in [-0.4, -0.2) is 25.7 Å². The van der Waals surface area contributed by atoms with E-state index in [1.165, 1.54) is 13.5 Å². The molecular formula is C9H19NO2. The van der Waals surface area contributed by atoms with Gasteiger partial charge in [-0.05, 0) is 13.3 Å². The van der Waals surface area contributed by atoms with E-state index >= 15 is 0 Å². The van der Waals surface area contributed by atoms with Crippen LogP contribution in [0.4, 0.5) is 0 Å². The molecule has 0 fully saturated rings. The van der Waals surface area contributed by atoms with Gasteiger partial charge in [0.1, 0.15) is 0 Å². The van der Waals surface area contributed by atoms with E-state index in [0.717, 1.165) is 6.42 Å². The van der Waals surface area contributed by atoms with E-state index in [4.69, 9.17) is 0 Å². The first-order chi connectivity index (χ1) is 5.70. The van der Waals surface area contributed by atoms with Crippen molar-refractivity contribution in [3.8, 4) is 0 Å². The summed E-state index contributed by atoms with van der Waals surface area (Å²) in [6.07, 6.45) is 2.79. The van der Waals surface area contributed by atoms with Crippen LogP contribution >= 0.6 is 0 Å². The summed E-state index contributed by atoms with van der Waals surface area (Å²) in [4.78, 5) is 10.7. The highest BCUT2D eigenvalue weighted by molar-refractivity contribution is 5.69. The number of rotatable bonds is 6. The summed E-state index contributed by atoms with van der Waals surface area (Å²) < 4.78 is 4.51. The highest BCUT2D eigenvalue weighted by Gasteiger charge is 2.02. The van der Waals surface area contributed by atoms with Crippen molar-refractivity contribution in [2.75, 3.05) is 13.7 Å². The molecule has 3 heteroatoms. The molecule has 0 aliphatic heterocycles. The molecule has 0 amide bonds. The monoisotopic (exact) mass is 173 g/mol. The number of hydrogen-bond acceptors (Lipinski definition) is 3. The van der Waals surface area contributed by atoms with Gasteiger partial charge in [-0.3, -0.25) is 4.79 Å². The van der Waals surface area contributed by atoms with Gasteiger partial charge < -0.3 is 10.1 Å². The Morgan fingerprint density at radius 1 is 1.58 bits per heavy atom. The van der Waals surface area contributed by atoms with Crippen molar-refractivity contribution < 1.29 is 9.53 Å². The van der Waals surface area contributed by atoms with Crippen LogP contribution in [0.3, 0.4) is 0 Å². The molecule has 0 aliphatic rings. The molecule has 3 nitrogen and oxygen atoms in total. The van der Waals surface area contributed by atoms with Gasteiger partial charge in [0.2, 0.25) is 0 Å². The second kappa shape index (κ2) is 7.10. The molecule has 0 aromatic heterocycles. The normalized spacial score (nSPS) is 12.6. The molecule has 0 bridgehead atoms. The first kappa shape index (κ1) is 11.4. The lowest BCUT2D eigenvalue weighted by Gasteiger charge is -2.11. The summed E-state index contributed by atoms with van der Waals surface area (Å²) in [7, 11) is 1.41. The van der Waals surface area contributed by atoms with Crippen molar-refractivity contribution in [1.82, 2.24) is 5.32 Å². The van der Waals surface area contributed by atoms with Gasteiger partial charge in [-0.2, -0.15) is 0 Å². The zero-order valence-electron chi connectivity index (χ0n) is 8.22. The lowest BCUT2D eigenvalue weighted by Crippen LogP contribution is -2.28. The zero-order chi connectivity index (χ0) is 9.40. The number of hydrogen-bond donors (Lipinski definition) is 1. The van der Waals surface area contributed by atoms with Crippen molar-refractivity contribution in [2.45, 2.75) is 39.2 Å². The number of nitrogens with one attached hydrogen (secondary N) is 1. The largest absolute Gasteiger partial charge is 0.469 e. The lowest BCUT2D eigenvalue weighted by atomic mass is 10.2. The third-order valence-electron chi connectivity index (χ3n) is 1.77. The van der Waals surface area contributed by atoms with Crippen LogP contribution < -0.4 is 5.32 Å². The van der Waals surface area contributed by atoms with E-state index in [-0.39, 0.29) is 5.97 Å². The van der Waals surface area contributed by atoms with Gasteiger partial charge in [0.25, 0.3) is 0 Å². The summed E-state index contributed by atoms with van der Waals surface area (Å²) in [6.45, 7) is 4.99. The minimum Gasteiger partial charge on any atom is -0.469 e. The molecular weight excluding hydrogens is 154 g/mol. The molecule has 1 N–H and O–H groups in total. The summed E-state index contributed by atoms with van der Waals surface area (Å²) in [5, 5.41) is 3.25. The predicted octanol–water partition coefficient (Wildman–Crippen LogP) is 1.33. The van der Waals surface area contributed by atoms with Crippen molar-refractivity contribution >= 4 is 5.97 Å². The second-order valence-electron chi connectivity index (χ2n) is 2.97. The minimum atomic E-state index is -0.147. The minimum absolute atomic E-state index is 0.147. The fourth-order valence-electron chi connectivity index (χ4n) is 1.06. The van der Waals surface area contributed by atoms with Crippen molar-refractivity contribution in [2.24, 2.45) is 0 Å². The van der Waals surface area contributed by atoms with E-state index in [1.54, 1.807) is 0 Å². The third kappa shape index (κ3) is 6.16. The fourth-order valence-corrected chi connectivity index (χ4v) is 1.06. The SMILES string of the molecule is CCCC(C)NCCC(=O)OC. The average molecular weight is 173 g/mol. The number of esters is 1. The van der Waals surface area contributed by atoms with Gasteiger partial charge in [0, 0.05) is 12.6 Å². The third-order valence-corrected chi connectivity index (χ3v) is 1.77. The molecule has 0 radical (unpaired) electrons. The quantitative estimate of drug-likeness (QED) is 0.616. The van der Waals surface area contributed by atoms with Crippen molar-refractivity contribution in [3.63, 3.8) is 0 Å². The van der Waals surface area contributed by atoms with E-state index in [0.29, 0.717) is 19.0 Å². The van der Waals surface area contributed by atoms with Gasteiger partial charge in [-0.15, -0.1) is 0 Å². The highest BCUT2D eigenvalue weighted by atomic mass is 16.5. The second-order valence-corrected chi connectivity index (χ2v) is 2.97. The first-order valence-electron chi connectivity index (χ1n) is 4.50. The zero-order valence-corrected chi connectivity index (χ0v) is 8.22. The maximum absolute atomic E-state index is 10.7. The van der Waals surface area contributed by atoms with Gasteiger partial charge in [0.15, 0.2) is 0 Å². The number of methoxy groups -OCH3 is 1. The van der Waals surface area contributed by atoms with Crippen LogP contribution in [0.25, 0.3) is 0 Å². The molecule has 1 atom stereocenters. The average Bonchev–Trinajstić information content (AvgIpc) is 2.04. The van der Waals surface area contributed by atoms with Gasteiger partial charge in [-0.1, -0.05) is 13.3 Å². The van der Waals surface area contributed by atoms with Gasteiger partial charge in [-0.25, -0.2) is 0 Å². The van der Waals surface area contributed by atoms with E-state index < -0.39 is 0 Å². The molecule has 72 valence electrons. The Bertz CT molecular complexity index is 126. The maximum atomic E-state index is 10.7. The van der Waals surface area contributed by atoms with Gasteiger partial charge in [0.05, 0.1) is 13.5 Å². The fraction of sp³-hybridized carbons (Fsp3) is 0.889. The van der Waals surface area contributed by atoms with Gasteiger partial charge >= 0.3 is 5.97 Å². The molecule has 0 rings (SSSR count). The lowest BCUT2D eigenvalue weighted by molar-refractivity contribution is -0.140. The molecule has 0 aromatic rings. The molecule has 0 spiro atoms. The maximum Gasteiger partial charge on any atom is 0.306 e. The van der Waals surface area contributed by atoms with E-state index in [1.807, 2.05) is 0 Å². The number of carbonyl (C=O) groups excluding carboxylic acids is 1. The topological polar surface area (TPSA) is 38.3 Å². The first-order valence-corrected chi connectivity index (χ1v) is 4.50. The molecule has 0 aromatic carbocycles. The van der Waals surface area contributed by atoms with Crippen LogP contribution in [0.1, 0.15) is 33.1 Å². The Labute approximate surface area is 74.5 Å². The Kier molecular flexibility index (Phi) is 6.76. The standard InChI is InChI=1S/C9H19NO2/c1-4-5-8(2)10-7-6-9(11)12-3/h8,10H,4-7H2,1-3H3. The molecule has 0 aliphatic carbocycles. The van der Waals surface area contributed by atoms with Crippen LogP contribution in [0.5, 0.6) is 0 Å². The molecule has 0 saturated heterocycles. The Morgan fingerprint density at radius 2 is 2.25 bits per heavy atom. The molecule has 0 heterocycles. The summed E-state index contributed by atoms with van der Waals surface area (Å²) in [5.74, 6) is -0.147.